The first kappa shape index (κ1) is 11.8. The molecule has 14 heavy (non-hydrogen) atoms. The van der Waals surface area contributed by atoms with Crippen LogP contribution in [0.2, 0.25) is 0 Å². The van der Waals surface area contributed by atoms with Gasteiger partial charge in [0.1, 0.15) is 4.32 Å². The Labute approximate surface area is 94.4 Å². The molecule has 0 aromatic heterocycles. The van der Waals surface area contributed by atoms with E-state index in [1.165, 1.54) is 24.6 Å². The Bertz CT molecular complexity index is 225. The number of thiocarbonyl (C=S) groups is 1. The Morgan fingerprint density at radius 2 is 2.14 bits per heavy atom. The van der Waals surface area contributed by atoms with Crippen molar-refractivity contribution in [3.05, 3.63) is 0 Å². The van der Waals surface area contributed by atoms with Crippen LogP contribution in [0.15, 0.2) is 0 Å². The smallest absolute Gasteiger partial charge is 0.227 e. The van der Waals surface area contributed by atoms with Gasteiger partial charge < -0.3 is 10.6 Å². The van der Waals surface area contributed by atoms with Crippen LogP contribution in [-0.2, 0) is 4.79 Å². The Kier molecular flexibility index (Phi) is 4.68. The molecule has 80 valence electrons. The summed E-state index contributed by atoms with van der Waals surface area (Å²) in [4.78, 5) is 12.7. The first-order valence-electron chi connectivity index (χ1n) is 4.79. The Morgan fingerprint density at radius 3 is 2.64 bits per heavy atom. The van der Waals surface area contributed by atoms with E-state index in [0.29, 0.717) is 5.75 Å². The summed E-state index contributed by atoms with van der Waals surface area (Å²) in [5.41, 5.74) is 5.05. The van der Waals surface area contributed by atoms with Crippen molar-refractivity contribution in [1.82, 2.24) is 4.90 Å². The van der Waals surface area contributed by atoms with E-state index in [9.17, 15) is 4.79 Å². The largest absolute Gasteiger partial charge is 0.369 e. The summed E-state index contributed by atoms with van der Waals surface area (Å²) in [6.07, 6.45) is 2.38. The highest BCUT2D eigenvalue weighted by molar-refractivity contribution is 8.23. The SMILES string of the molecule is CC1CCN(C(=S)SCC(N)=O)CC1. The molecule has 1 saturated heterocycles. The number of hydrogen-bond donors (Lipinski definition) is 1. The van der Waals surface area contributed by atoms with Gasteiger partial charge in [-0.1, -0.05) is 30.9 Å². The molecule has 1 fully saturated rings. The van der Waals surface area contributed by atoms with Gasteiger partial charge in [-0.05, 0) is 18.8 Å². The summed E-state index contributed by atoms with van der Waals surface area (Å²) in [6.45, 7) is 4.30. The third kappa shape index (κ3) is 3.84. The molecule has 0 saturated carbocycles. The molecule has 0 bridgehead atoms. The van der Waals surface area contributed by atoms with Gasteiger partial charge in [-0.3, -0.25) is 4.79 Å². The predicted molar refractivity (Wildman–Crippen MR) is 64.2 cm³/mol. The van der Waals surface area contributed by atoms with Crippen LogP contribution in [0.3, 0.4) is 0 Å². The predicted octanol–water partition coefficient (Wildman–Crippen LogP) is 1.22. The first-order valence-corrected chi connectivity index (χ1v) is 6.19. The highest BCUT2D eigenvalue weighted by atomic mass is 32.2. The maximum atomic E-state index is 10.6. The number of nitrogens with zero attached hydrogens (tertiary/aromatic N) is 1. The number of thioether (sulfide) groups is 1. The minimum Gasteiger partial charge on any atom is -0.369 e. The van der Waals surface area contributed by atoms with Gasteiger partial charge in [0.15, 0.2) is 0 Å². The minimum absolute atomic E-state index is 0.297. The van der Waals surface area contributed by atoms with Gasteiger partial charge >= 0.3 is 0 Å². The number of carbonyl (C=O) groups is 1. The number of rotatable bonds is 2. The lowest BCUT2D eigenvalue weighted by Crippen LogP contribution is -2.36. The second-order valence-corrected chi connectivity index (χ2v) is 5.30. The molecule has 2 N–H and O–H groups in total. The van der Waals surface area contributed by atoms with Gasteiger partial charge in [-0.25, -0.2) is 0 Å². The van der Waals surface area contributed by atoms with E-state index >= 15 is 0 Å². The second-order valence-electron chi connectivity index (χ2n) is 3.69. The molecule has 0 atom stereocenters. The molecule has 3 nitrogen and oxygen atoms in total. The van der Waals surface area contributed by atoms with Crippen molar-refractivity contribution >= 4 is 34.2 Å². The van der Waals surface area contributed by atoms with Gasteiger partial charge in [0.2, 0.25) is 5.91 Å². The topological polar surface area (TPSA) is 46.3 Å². The Hall–Kier alpha value is -0.290. The molecular weight excluding hydrogens is 216 g/mol. The van der Waals surface area contributed by atoms with Crippen molar-refractivity contribution in [2.75, 3.05) is 18.8 Å². The molecule has 0 unspecified atom stereocenters. The van der Waals surface area contributed by atoms with Gasteiger partial charge in [-0.2, -0.15) is 0 Å². The zero-order valence-corrected chi connectivity index (χ0v) is 10.00. The maximum absolute atomic E-state index is 10.6. The van der Waals surface area contributed by atoms with Crippen molar-refractivity contribution in [2.24, 2.45) is 11.7 Å². The second kappa shape index (κ2) is 5.56. The standard InChI is InChI=1S/C9H16N2OS2/c1-7-2-4-11(5-3-7)9(13)14-6-8(10)12/h7H,2-6H2,1H3,(H2,10,12). The fourth-order valence-electron chi connectivity index (χ4n) is 1.42. The molecule has 1 rings (SSSR count). The van der Waals surface area contributed by atoms with E-state index in [1.54, 1.807) is 0 Å². The number of hydrogen-bond acceptors (Lipinski definition) is 3. The lowest BCUT2D eigenvalue weighted by Gasteiger charge is -2.31. The zero-order valence-electron chi connectivity index (χ0n) is 8.36. The molecule has 1 aliphatic rings. The van der Waals surface area contributed by atoms with Crippen LogP contribution in [0.5, 0.6) is 0 Å². The van der Waals surface area contributed by atoms with Crippen LogP contribution >= 0.6 is 24.0 Å². The molecule has 0 aromatic carbocycles. The fraction of sp³-hybridized carbons (Fsp3) is 0.778. The number of amides is 1. The zero-order chi connectivity index (χ0) is 10.6. The van der Waals surface area contributed by atoms with Gasteiger partial charge in [0, 0.05) is 13.1 Å². The van der Waals surface area contributed by atoms with Crippen molar-refractivity contribution in [1.29, 1.82) is 0 Å². The van der Waals surface area contributed by atoms with Crippen molar-refractivity contribution in [3.8, 4) is 0 Å². The molecule has 0 aromatic rings. The molecule has 0 radical (unpaired) electrons. The summed E-state index contributed by atoms with van der Waals surface area (Å²) >= 11 is 6.59. The number of nitrogens with two attached hydrogens (primary N) is 1. The summed E-state index contributed by atoms with van der Waals surface area (Å²) < 4.78 is 0.815. The summed E-state index contributed by atoms with van der Waals surface area (Å²) in [5, 5.41) is 0. The van der Waals surface area contributed by atoms with Crippen LogP contribution in [0, 0.1) is 5.92 Å². The van der Waals surface area contributed by atoms with Crippen molar-refractivity contribution in [2.45, 2.75) is 19.8 Å². The lowest BCUT2D eigenvalue weighted by molar-refractivity contribution is -0.115. The van der Waals surface area contributed by atoms with Crippen LogP contribution in [0.4, 0.5) is 0 Å². The van der Waals surface area contributed by atoms with E-state index < -0.39 is 0 Å². The molecule has 1 aliphatic heterocycles. The molecular formula is C9H16N2OS2. The van der Waals surface area contributed by atoms with E-state index in [1.807, 2.05) is 0 Å². The third-order valence-corrected chi connectivity index (χ3v) is 3.93. The first-order chi connectivity index (χ1) is 6.59. The fourth-order valence-corrected chi connectivity index (χ4v) is 2.41. The van der Waals surface area contributed by atoms with E-state index in [2.05, 4.69) is 11.8 Å². The average molecular weight is 232 g/mol. The third-order valence-electron chi connectivity index (χ3n) is 2.38. The van der Waals surface area contributed by atoms with Gasteiger partial charge in [-0.15, -0.1) is 0 Å². The number of carbonyl (C=O) groups excluding carboxylic acids is 1. The minimum atomic E-state index is -0.303. The van der Waals surface area contributed by atoms with E-state index in [0.717, 1.165) is 23.3 Å². The number of likely N-dealkylation sites (tertiary alicyclic amines) is 1. The molecule has 5 heteroatoms. The molecule has 1 heterocycles. The van der Waals surface area contributed by atoms with E-state index in [-0.39, 0.29) is 5.91 Å². The number of primary amides is 1. The summed E-state index contributed by atoms with van der Waals surface area (Å²) in [7, 11) is 0. The summed E-state index contributed by atoms with van der Waals surface area (Å²) in [6, 6.07) is 0. The molecule has 0 aliphatic carbocycles. The lowest BCUT2D eigenvalue weighted by atomic mass is 10.00. The van der Waals surface area contributed by atoms with Gasteiger partial charge in [0.05, 0.1) is 5.75 Å². The highest BCUT2D eigenvalue weighted by Crippen LogP contribution is 2.19. The molecule has 1 amide bonds. The average Bonchev–Trinajstić information content (AvgIpc) is 2.15. The van der Waals surface area contributed by atoms with Crippen molar-refractivity contribution < 1.29 is 4.79 Å². The highest BCUT2D eigenvalue weighted by Gasteiger charge is 2.18. The Balaban J connectivity index is 2.27. The van der Waals surface area contributed by atoms with Crippen LogP contribution in [-0.4, -0.2) is 34.0 Å². The number of piperidine rings is 1. The van der Waals surface area contributed by atoms with E-state index in [4.69, 9.17) is 18.0 Å². The van der Waals surface area contributed by atoms with Gasteiger partial charge in [0.25, 0.3) is 0 Å². The maximum Gasteiger partial charge on any atom is 0.227 e. The Morgan fingerprint density at radius 1 is 1.57 bits per heavy atom. The van der Waals surface area contributed by atoms with Crippen LogP contribution in [0.1, 0.15) is 19.8 Å². The van der Waals surface area contributed by atoms with Crippen LogP contribution in [0.25, 0.3) is 0 Å². The van der Waals surface area contributed by atoms with Crippen molar-refractivity contribution in [3.63, 3.8) is 0 Å². The monoisotopic (exact) mass is 232 g/mol. The van der Waals surface area contributed by atoms with Crippen LogP contribution < -0.4 is 5.73 Å². The summed E-state index contributed by atoms with van der Waals surface area (Å²) in [5.74, 6) is 0.795. The molecule has 0 spiro atoms. The normalized spacial score (nSPS) is 18.2. The quantitative estimate of drug-likeness (QED) is 0.727.